The molecule has 0 radical (unpaired) electrons. The van der Waals surface area contributed by atoms with Gasteiger partial charge in [0.2, 0.25) is 0 Å². The molecular formula is C16H25BrCl2N2O. The van der Waals surface area contributed by atoms with E-state index in [9.17, 15) is 5.11 Å². The molecule has 1 aliphatic heterocycles. The van der Waals surface area contributed by atoms with Crippen molar-refractivity contribution in [1.82, 2.24) is 10.2 Å². The Morgan fingerprint density at radius 2 is 1.77 bits per heavy atom. The zero-order valence-electron chi connectivity index (χ0n) is 12.6. The Bertz CT molecular complexity index is 463. The van der Waals surface area contributed by atoms with Gasteiger partial charge in [0.15, 0.2) is 0 Å². The number of hydrogen-bond acceptors (Lipinski definition) is 3. The molecule has 1 aliphatic carbocycles. The molecular weight excluding hydrogens is 387 g/mol. The van der Waals surface area contributed by atoms with Crippen LogP contribution in [0.2, 0.25) is 0 Å². The number of nitrogens with one attached hydrogen (secondary N) is 1. The van der Waals surface area contributed by atoms with Crippen LogP contribution in [0.1, 0.15) is 37.3 Å². The van der Waals surface area contributed by atoms with Crippen LogP contribution < -0.4 is 5.32 Å². The van der Waals surface area contributed by atoms with Gasteiger partial charge >= 0.3 is 0 Å². The van der Waals surface area contributed by atoms with Crippen molar-refractivity contribution in [3.8, 4) is 5.75 Å². The predicted octanol–water partition coefficient (Wildman–Crippen LogP) is 4.13. The van der Waals surface area contributed by atoms with Crippen molar-refractivity contribution in [3.05, 3.63) is 28.2 Å². The number of benzene rings is 1. The second-order valence-corrected chi connectivity index (χ2v) is 6.81. The lowest BCUT2D eigenvalue weighted by atomic mass is 9.89. The van der Waals surface area contributed by atoms with E-state index in [-0.39, 0.29) is 24.8 Å². The average molecular weight is 412 g/mol. The number of phenolic OH excluding ortho intramolecular Hbond substituents is 1. The number of halogens is 3. The van der Waals surface area contributed by atoms with Crippen LogP contribution in [0.25, 0.3) is 0 Å². The number of phenols is 1. The molecule has 6 heteroatoms. The van der Waals surface area contributed by atoms with E-state index < -0.39 is 0 Å². The standard InChI is InChI=1S/C16H23BrN2O.2ClH/c17-14-7-3-6-13(16(14)20)15(12-4-1-2-5-12)19-10-8-18-9-11-19;;/h3,6-7,12,15,18,20H,1-2,4-5,8-11H2;2*1H/t15-;;/m1../s1. The van der Waals surface area contributed by atoms with Crippen LogP contribution in [-0.2, 0) is 0 Å². The van der Waals surface area contributed by atoms with Crippen molar-refractivity contribution in [2.45, 2.75) is 31.7 Å². The maximum absolute atomic E-state index is 10.5. The topological polar surface area (TPSA) is 35.5 Å². The highest BCUT2D eigenvalue weighted by Crippen LogP contribution is 2.44. The summed E-state index contributed by atoms with van der Waals surface area (Å²) in [4.78, 5) is 2.56. The van der Waals surface area contributed by atoms with Gasteiger partial charge in [-0.15, -0.1) is 24.8 Å². The lowest BCUT2D eigenvalue weighted by molar-refractivity contribution is 0.123. The summed E-state index contributed by atoms with van der Waals surface area (Å²) in [5, 5.41) is 13.9. The van der Waals surface area contributed by atoms with E-state index in [0.29, 0.717) is 17.7 Å². The fourth-order valence-corrected chi connectivity index (χ4v) is 4.13. The second kappa shape index (κ2) is 9.33. The van der Waals surface area contributed by atoms with Crippen LogP contribution in [-0.4, -0.2) is 36.2 Å². The molecule has 0 unspecified atom stereocenters. The smallest absolute Gasteiger partial charge is 0.134 e. The van der Waals surface area contributed by atoms with Gasteiger partial charge < -0.3 is 10.4 Å². The molecule has 1 aromatic carbocycles. The lowest BCUT2D eigenvalue weighted by Gasteiger charge is -2.39. The quantitative estimate of drug-likeness (QED) is 0.784. The van der Waals surface area contributed by atoms with Crippen molar-refractivity contribution < 1.29 is 5.11 Å². The Kier molecular flexibility index (Phi) is 8.50. The fraction of sp³-hybridized carbons (Fsp3) is 0.625. The Morgan fingerprint density at radius 1 is 1.14 bits per heavy atom. The molecule has 22 heavy (non-hydrogen) atoms. The molecule has 3 rings (SSSR count). The van der Waals surface area contributed by atoms with E-state index in [1.54, 1.807) is 0 Å². The molecule has 1 aromatic rings. The molecule has 1 atom stereocenters. The number of hydrogen-bond donors (Lipinski definition) is 2. The maximum Gasteiger partial charge on any atom is 0.134 e. The summed E-state index contributed by atoms with van der Waals surface area (Å²) in [5.41, 5.74) is 1.10. The molecule has 1 saturated carbocycles. The minimum Gasteiger partial charge on any atom is -0.506 e. The molecule has 2 aliphatic rings. The first-order valence-electron chi connectivity index (χ1n) is 7.69. The van der Waals surface area contributed by atoms with Crippen LogP contribution in [0.3, 0.4) is 0 Å². The van der Waals surface area contributed by atoms with Gasteiger partial charge in [-0.05, 0) is 40.8 Å². The molecule has 126 valence electrons. The predicted molar refractivity (Wildman–Crippen MR) is 99.4 cm³/mol. The molecule has 1 saturated heterocycles. The number of rotatable bonds is 3. The van der Waals surface area contributed by atoms with Gasteiger partial charge in [0.25, 0.3) is 0 Å². The SMILES string of the molecule is Cl.Cl.Oc1c(Br)cccc1[C@@H](C1CCCC1)N1CCNCC1. The third-order valence-corrected chi connectivity index (χ3v) is 5.37. The Labute approximate surface area is 153 Å². The summed E-state index contributed by atoms with van der Waals surface area (Å²) in [6.45, 7) is 4.26. The third kappa shape index (κ3) is 4.30. The van der Waals surface area contributed by atoms with Crippen LogP contribution in [0, 0.1) is 5.92 Å². The normalized spacial score (nSPS) is 21.0. The maximum atomic E-state index is 10.5. The van der Waals surface area contributed by atoms with E-state index in [1.807, 2.05) is 12.1 Å². The van der Waals surface area contributed by atoms with Gasteiger partial charge in [-0.2, -0.15) is 0 Å². The molecule has 3 nitrogen and oxygen atoms in total. The van der Waals surface area contributed by atoms with Crippen molar-refractivity contribution in [1.29, 1.82) is 0 Å². The summed E-state index contributed by atoms with van der Waals surface area (Å²) in [6.07, 6.45) is 5.26. The van der Waals surface area contributed by atoms with Gasteiger partial charge in [-0.1, -0.05) is 25.0 Å². The minimum atomic E-state index is 0. The first kappa shape index (κ1) is 20.0. The number of para-hydroxylation sites is 1. The van der Waals surface area contributed by atoms with Gasteiger partial charge in [0.1, 0.15) is 5.75 Å². The monoisotopic (exact) mass is 410 g/mol. The molecule has 0 spiro atoms. The van der Waals surface area contributed by atoms with E-state index in [0.717, 1.165) is 36.2 Å². The summed E-state index contributed by atoms with van der Waals surface area (Å²) >= 11 is 3.47. The molecule has 0 aromatic heterocycles. The van der Waals surface area contributed by atoms with Crippen molar-refractivity contribution in [3.63, 3.8) is 0 Å². The summed E-state index contributed by atoms with van der Waals surface area (Å²) in [7, 11) is 0. The van der Waals surface area contributed by atoms with E-state index in [2.05, 4.69) is 32.2 Å². The van der Waals surface area contributed by atoms with Gasteiger partial charge in [-0.3, -0.25) is 4.90 Å². The van der Waals surface area contributed by atoms with Crippen molar-refractivity contribution in [2.24, 2.45) is 5.92 Å². The van der Waals surface area contributed by atoms with Gasteiger partial charge in [-0.25, -0.2) is 0 Å². The van der Waals surface area contributed by atoms with Gasteiger partial charge in [0, 0.05) is 37.8 Å². The Balaban J connectivity index is 0.00000121. The summed E-state index contributed by atoms with van der Waals surface area (Å²) < 4.78 is 0.813. The van der Waals surface area contributed by atoms with E-state index in [4.69, 9.17) is 0 Å². The van der Waals surface area contributed by atoms with Crippen LogP contribution in [0.15, 0.2) is 22.7 Å². The molecule has 2 N–H and O–H groups in total. The summed E-state index contributed by atoms with van der Waals surface area (Å²) in [5.74, 6) is 1.12. The highest BCUT2D eigenvalue weighted by atomic mass is 79.9. The number of piperazine rings is 1. The number of nitrogens with zero attached hydrogens (tertiary/aromatic N) is 1. The Morgan fingerprint density at radius 3 is 2.41 bits per heavy atom. The number of aromatic hydroxyl groups is 1. The first-order chi connectivity index (χ1) is 9.77. The third-order valence-electron chi connectivity index (χ3n) is 4.73. The zero-order valence-corrected chi connectivity index (χ0v) is 15.9. The van der Waals surface area contributed by atoms with E-state index in [1.165, 1.54) is 25.7 Å². The molecule has 0 amide bonds. The van der Waals surface area contributed by atoms with E-state index >= 15 is 0 Å². The van der Waals surface area contributed by atoms with Crippen molar-refractivity contribution in [2.75, 3.05) is 26.2 Å². The summed E-state index contributed by atoms with van der Waals surface area (Å²) in [6, 6.07) is 6.44. The average Bonchev–Trinajstić information content (AvgIpc) is 2.99. The fourth-order valence-electron chi connectivity index (χ4n) is 3.75. The first-order valence-corrected chi connectivity index (χ1v) is 8.49. The van der Waals surface area contributed by atoms with Crippen LogP contribution in [0.5, 0.6) is 5.75 Å². The lowest BCUT2D eigenvalue weighted by Crippen LogP contribution is -2.46. The Hall–Kier alpha value is -0.000000000000000153. The van der Waals surface area contributed by atoms with Crippen molar-refractivity contribution >= 4 is 40.7 Å². The highest BCUT2D eigenvalue weighted by Gasteiger charge is 2.33. The minimum absolute atomic E-state index is 0. The highest BCUT2D eigenvalue weighted by molar-refractivity contribution is 9.10. The van der Waals surface area contributed by atoms with Gasteiger partial charge in [0.05, 0.1) is 4.47 Å². The zero-order chi connectivity index (χ0) is 13.9. The molecule has 0 bridgehead atoms. The van der Waals surface area contributed by atoms with Crippen LogP contribution in [0.4, 0.5) is 0 Å². The van der Waals surface area contributed by atoms with Crippen LogP contribution >= 0.6 is 40.7 Å². The largest absolute Gasteiger partial charge is 0.506 e. The second-order valence-electron chi connectivity index (χ2n) is 5.95. The molecule has 1 heterocycles. The molecule has 2 fully saturated rings.